The first-order chi connectivity index (χ1) is 8.64. The molecule has 7 heteroatoms. The Morgan fingerprint density at radius 3 is 2.39 bits per heavy atom. The van der Waals surface area contributed by atoms with E-state index in [1.807, 2.05) is 25.7 Å². The summed E-state index contributed by atoms with van der Waals surface area (Å²) in [7, 11) is 0. The number of hydrogen-bond donors (Lipinski definition) is 2. The van der Waals surface area contributed by atoms with Gasteiger partial charge in [-0.25, -0.2) is 0 Å². The molecule has 1 unspecified atom stereocenters. The number of anilines is 2. The van der Waals surface area contributed by atoms with E-state index in [1.165, 1.54) is 0 Å². The van der Waals surface area contributed by atoms with E-state index in [2.05, 4.69) is 20.3 Å². The molecule has 0 aliphatic carbocycles. The smallest absolute Gasteiger partial charge is 0.231 e. The third-order valence-corrected chi connectivity index (χ3v) is 2.86. The first-order valence-corrected chi connectivity index (χ1v) is 6.56. The Balaban J connectivity index is 2.93. The summed E-state index contributed by atoms with van der Waals surface area (Å²) in [5.41, 5.74) is 0. The highest BCUT2D eigenvalue weighted by Crippen LogP contribution is 2.14. The number of hydrogen-bond acceptors (Lipinski definition) is 6. The maximum absolute atomic E-state index is 9.15. The molecule has 0 aromatic carbocycles. The van der Waals surface area contributed by atoms with Crippen LogP contribution in [0, 0.1) is 0 Å². The lowest BCUT2D eigenvalue weighted by atomic mass is 10.2. The molecule has 0 fully saturated rings. The minimum absolute atomic E-state index is 0.0282. The Labute approximate surface area is 112 Å². The lowest BCUT2D eigenvalue weighted by Gasteiger charge is -2.20. The summed E-state index contributed by atoms with van der Waals surface area (Å²) in [6, 6.07) is -0.0759. The molecule has 102 valence electrons. The second-order valence-electron chi connectivity index (χ2n) is 3.83. The fourth-order valence-electron chi connectivity index (χ4n) is 1.51. The fourth-order valence-corrected chi connectivity index (χ4v) is 1.67. The zero-order valence-corrected chi connectivity index (χ0v) is 11.8. The highest BCUT2D eigenvalue weighted by molar-refractivity contribution is 6.28. The SMILES string of the molecule is CCC(CO)Nc1nc(Cl)nc(N(CC)CC)n1. The first-order valence-electron chi connectivity index (χ1n) is 6.18. The van der Waals surface area contributed by atoms with E-state index in [4.69, 9.17) is 16.7 Å². The van der Waals surface area contributed by atoms with Gasteiger partial charge >= 0.3 is 0 Å². The van der Waals surface area contributed by atoms with Gasteiger partial charge in [0.05, 0.1) is 12.6 Å². The van der Waals surface area contributed by atoms with E-state index in [1.54, 1.807) is 0 Å². The third-order valence-electron chi connectivity index (χ3n) is 2.69. The zero-order valence-electron chi connectivity index (χ0n) is 11.0. The molecule has 0 saturated heterocycles. The van der Waals surface area contributed by atoms with Crippen LogP contribution < -0.4 is 10.2 Å². The van der Waals surface area contributed by atoms with Gasteiger partial charge in [-0.1, -0.05) is 6.92 Å². The van der Waals surface area contributed by atoms with Crippen LogP contribution in [-0.4, -0.2) is 45.8 Å². The Kier molecular flexibility index (Phi) is 6.07. The summed E-state index contributed by atoms with van der Waals surface area (Å²) in [5, 5.41) is 12.3. The Morgan fingerprint density at radius 1 is 1.22 bits per heavy atom. The quantitative estimate of drug-likeness (QED) is 0.785. The van der Waals surface area contributed by atoms with E-state index >= 15 is 0 Å². The second kappa shape index (κ2) is 7.33. The van der Waals surface area contributed by atoms with Gasteiger partial charge in [-0.2, -0.15) is 15.0 Å². The van der Waals surface area contributed by atoms with E-state index < -0.39 is 0 Å². The molecule has 0 bridgehead atoms. The van der Waals surface area contributed by atoms with E-state index in [-0.39, 0.29) is 17.9 Å². The summed E-state index contributed by atoms with van der Waals surface area (Å²) >= 11 is 5.89. The van der Waals surface area contributed by atoms with Crippen LogP contribution >= 0.6 is 11.6 Å². The average molecular weight is 274 g/mol. The van der Waals surface area contributed by atoms with E-state index in [0.717, 1.165) is 19.5 Å². The van der Waals surface area contributed by atoms with Crippen LogP contribution in [0.1, 0.15) is 27.2 Å². The van der Waals surface area contributed by atoms with Crippen molar-refractivity contribution in [2.45, 2.75) is 33.2 Å². The molecule has 1 heterocycles. The van der Waals surface area contributed by atoms with Gasteiger partial charge in [-0.15, -0.1) is 0 Å². The van der Waals surface area contributed by atoms with Gasteiger partial charge in [-0.05, 0) is 31.9 Å². The summed E-state index contributed by atoms with van der Waals surface area (Å²) in [6.07, 6.45) is 0.778. The van der Waals surface area contributed by atoms with Gasteiger partial charge in [0.2, 0.25) is 17.2 Å². The third kappa shape index (κ3) is 3.96. The Morgan fingerprint density at radius 2 is 1.89 bits per heavy atom. The van der Waals surface area contributed by atoms with Crippen molar-refractivity contribution in [1.82, 2.24) is 15.0 Å². The predicted molar refractivity (Wildman–Crippen MR) is 73.2 cm³/mol. The molecule has 0 saturated carbocycles. The molecular weight excluding hydrogens is 254 g/mol. The van der Waals surface area contributed by atoms with Crippen molar-refractivity contribution in [1.29, 1.82) is 0 Å². The highest BCUT2D eigenvalue weighted by Gasteiger charge is 2.12. The van der Waals surface area contributed by atoms with Crippen molar-refractivity contribution < 1.29 is 5.11 Å². The number of aliphatic hydroxyl groups is 1. The van der Waals surface area contributed by atoms with E-state index in [9.17, 15) is 0 Å². The van der Waals surface area contributed by atoms with Gasteiger partial charge in [0.15, 0.2) is 0 Å². The van der Waals surface area contributed by atoms with Crippen molar-refractivity contribution in [2.24, 2.45) is 0 Å². The molecule has 1 aromatic rings. The number of aliphatic hydroxyl groups excluding tert-OH is 1. The van der Waals surface area contributed by atoms with Crippen molar-refractivity contribution in [3.8, 4) is 0 Å². The van der Waals surface area contributed by atoms with Gasteiger partial charge in [-0.3, -0.25) is 0 Å². The van der Waals surface area contributed by atoms with Crippen LogP contribution in [0.15, 0.2) is 0 Å². The molecule has 2 N–H and O–H groups in total. The number of aromatic nitrogens is 3. The lowest BCUT2D eigenvalue weighted by molar-refractivity contribution is 0.271. The van der Waals surface area contributed by atoms with Crippen LogP contribution in [0.2, 0.25) is 5.28 Å². The first kappa shape index (κ1) is 14.9. The van der Waals surface area contributed by atoms with Crippen molar-refractivity contribution in [2.75, 3.05) is 29.9 Å². The minimum atomic E-state index is -0.0759. The fraction of sp³-hybridized carbons (Fsp3) is 0.727. The number of rotatable bonds is 7. The molecule has 1 rings (SSSR count). The van der Waals surface area contributed by atoms with Gasteiger partial charge in [0, 0.05) is 13.1 Å². The number of nitrogens with zero attached hydrogens (tertiary/aromatic N) is 4. The summed E-state index contributed by atoms with van der Waals surface area (Å²) in [6.45, 7) is 7.65. The summed E-state index contributed by atoms with van der Waals surface area (Å²) in [5.74, 6) is 0.952. The maximum atomic E-state index is 9.15. The van der Waals surface area contributed by atoms with Gasteiger partial charge in [0.1, 0.15) is 0 Å². The largest absolute Gasteiger partial charge is 0.394 e. The number of halogens is 1. The lowest BCUT2D eigenvalue weighted by Crippen LogP contribution is -2.27. The molecule has 0 amide bonds. The van der Waals surface area contributed by atoms with Crippen molar-refractivity contribution >= 4 is 23.5 Å². The predicted octanol–water partition coefficient (Wildman–Crippen LogP) is 1.55. The molecule has 6 nitrogen and oxygen atoms in total. The zero-order chi connectivity index (χ0) is 13.5. The molecule has 1 atom stereocenters. The van der Waals surface area contributed by atoms with Gasteiger partial charge < -0.3 is 15.3 Å². The highest BCUT2D eigenvalue weighted by atomic mass is 35.5. The summed E-state index contributed by atoms with van der Waals surface area (Å²) < 4.78 is 0. The van der Waals surface area contributed by atoms with Crippen LogP contribution in [-0.2, 0) is 0 Å². The average Bonchev–Trinajstić information content (AvgIpc) is 2.37. The molecular formula is C11H20ClN5O. The molecule has 0 aliphatic heterocycles. The maximum Gasteiger partial charge on any atom is 0.231 e. The normalized spacial score (nSPS) is 12.3. The van der Waals surface area contributed by atoms with Gasteiger partial charge in [0.25, 0.3) is 0 Å². The van der Waals surface area contributed by atoms with Crippen molar-refractivity contribution in [3.05, 3.63) is 5.28 Å². The molecule has 0 spiro atoms. The van der Waals surface area contributed by atoms with Crippen LogP contribution in [0.4, 0.5) is 11.9 Å². The molecule has 0 aliphatic rings. The molecule has 18 heavy (non-hydrogen) atoms. The molecule has 0 radical (unpaired) electrons. The van der Waals surface area contributed by atoms with Crippen molar-refractivity contribution in [3.63, 3.8) is 0 Å². The Bertz CT molecular complexity index is 368. The minimum Gasteiger partial charge on any atom is -0.394 e. The standard InChI is InChI=1S/C11H20ClN5O/c1-4-8(7-18)13-10-14-9(12)15-11(16-10)17(5-2)6-3/h8,18H,4-7H2,1-3H3,(H,13,14,15,16). The van der Waals surface area contributed by atoms with Crippen LogP contribution in [0.25, 0.3) is 0 Å². The van der Waals surface area contributed by atoms with E-state index in [0.29, 0.717) is 11.9 Å². The topological polar surface area (TPSA) is 74.2 Å². The Hall–Kier alpha value is -1.14. The summed E-state index contributed by atoms with van der Waals surface area (Å²) in [4.78, 5) is 14.4. The molecule has 1 aromatic heterocycles. The van der Waals surface area contributed by atoms with Crippen LogP contribution in [0.3, 0.4) is 0 Å². The monoisotopic (exact) mass is 273 g/mol. The second-order valence-corrected chi connectivity index (χ2v) is 4.17. The number of nitrogens with one attached hydrogen (secondary N) is 1. The van der Waals surface area contributed by atoms with Crippen LogP contribution in [0.5, 0.6) is 0 Å².